The third kappa shape index (κ3) is 4.24. The van der Waals surface area contributed by atoms with Crippen molar-refractivity contribution >= 4 is 5.91 Å². The lowest BCUT2D eigenvalue weighted by Gasteiger charge is -2.38. The van der Waals surface area contributed by atoms with Gasteiger partial charge in [-0.2, -0.15) is 0 Å². The number of para-hydroxylation sites is 1. The summed E-state index contributed by atoms with van der Waals surface area (Å²) in [5, 5.41) is 3.06. The highest BCUT2D eigenvalue weighted by molar-refractivity contribution is 5.79. The monoisotopic (exact) mass is 318 g/mol. The van der Waals surface area contributed by atoms with Crippen molar-refractivity contribution in [2.45, 2.75) is 25.9 Å². The Bertz CT molecular complexity index is 559. The zero-order chi connectivity index (χ0) is 16.3. The van der Waals surface area contributed by atoms with Crippen LogP contribution in [-0.2, 0) is 16.0 Å². The maximum absolute atomic E-state index is 12.3. The number of morpholine rings is 1. The molecule has 5 nitrogen and oxygen atoms in total. The van der Waals surface area contributed by atoms with E-state index in [1.807, 2.05) is 24.3 Å². The molecule has 1 atom stereocenters. The molecule has 0 bridgehead atoms. The molecular weight excluding hydrogens is 292 g/mol. The van der Waals surface area contributed by atoms with Crippen LogP contribution in [0, 0.1) is 5.92 Å². The minimum atomic E-state index is -0.0941. The van der Waals surface area contributed by atoms with E-state index in [1.54, 1.807) is 0 Å². The van der Waals surface area contributed by atoms with Gasteiger partial charge in [-0.15, -0.1) is 0 Å². The SMILES string of the molecule is CC1(C)CN(CCNC(=O)C2COc3ccccc3C2)CCO1. The molecule has 1 fully saturated rings. The lowest BCUT2D eigenvalue weighted by atomic mass is 9.96. The van der Waals surface area contributed by atoms with Crippen LogP contribution in [0.3, 0.4) is 0 Å². The van der Waals surface area contributed by atoms with Crippen molar-refractivity contribution in [3.63, 3.8) is 0 Å². The molecule has 2 heterocycles. The van der Waals surface area contributed by atoms with Crippen LogP contribution in [0.25, 0.3) is 0 Å². The maximum Gasteiger partial charge on any atom is 0.226 e. The zero-order valence-corrected chi connectivity index (χ0v) is 14.0. The van der Waals surface area contributed by atoms with Crippen LogP contribution in [0.15, 0.2) is 24.3 Å². The zero-order valence-electron chi connectivity index (χ0n) is 14.0. The maximum atomic E-state index is 12.3. The number of ether oxygens (including phenoxy) is 2. The summed E-state index contributed by atoms with van der Waals surface area (Å²) in [4.78, 5) is 14.7. The van der Waals surface area contributed by atoms with Gasteiger partial charge in [-0.1, -0.05) is 18.2 Å². The summed E-state index contributed by atoms with van der Waals surface area (Å²) >= 11 is 0. The van der Waals surface area contributed by atoms with Crippen LogP contribution in [-0.4, -0.2) is 55.8 Å². The van der Waals surface area contributed by atoms with Crippen LogP contribution >= 0.6 is 0 Å². The fourth-order valence-electron chi connectivity index (χ4n) is 3.28. The number of fused-ring (bicyclic) bond motifs is 1. The van der Waals surface area contributed by atoms with Crippen LogP contribution in [0.2, 0.25) is 0 Å². The number of nitrogens with one attached hydrogen (secondary N) is 1. The number of hydrogen-bond acceptors (Lipinski definition) is 4. The minimum Gasteiger partial charge on any atom is -0.492 e. The number of amides is 1. The van der Waals surface area contributed by atoms with Crippen LogP contribution in [0.1, 0.15) is 19.4 Å². The first-order valence-corrected chi connectivity index (χ1v) is 8.38. The van der Waals surface area contributed by atoms with E-state index in [-0.39, 0.29) is 17.4 Å². The second kappa shape index (κ2) is 6.89. The van der Waals surface area contributed by atoms with E-state index < -0.39 is 0 Å². The lowest BCUT2D eigenvalue weighted by molar-refractivity contribution is -0.126. The molecule has 2 aliphatic heterocycles. The fraction of sp³-hybridized carbons (Fsp3) is 0.611. The Hall–Kier alpha value is -1.59. The average Bonchev–Trinajstić information content (AvgIpc) is 2.53. The minimum absolute atomic E-state index is 0.0898. The molecule has 5 heteroatoms. The average molecular weight is 318 g/mol. The predicted octanol–water partition coefficient (Wildman–Crippen LogP) is 1.46. The summed E-state index contributed by atoms with van der Waals surface area (Å²) in [7, 11) is 0. The van der Waals surface area contributed by atoms with Gasteiger partial charge in [0.15, 0.2) is 0 Å². The molecule has 1 saturated heterocycles. The van der Waals surface area contributed by atoms with E-state index in [2.05, 4.69) is 24.1 Å². The van der Waals surface area contributed by atoms with Gasteiger partial charge in [0.1, 0.15) is 12.4 Å². The van der Waals surface area contributed by atoms with Gasteiger partial charge < -0.3 is 14.8 Å². The van der Waals surface area contributed by atoms with Gasteiger partial charge in [0.25, 0.3) is 0 Å². The van der Waals surface area contributed by atoms with E-state index in [1.165, 1.54) is 0 Å². The molecule has 1 aromatic rings. The summed E-state index contributed by atoms with van der Waals surface area (Å²) < 4.78 is 11.4. The Kier molecular flexibility index (Phi) is 4.87. The number of carbonyl (C=O) groups is 1. The molecular formula is C18H26N2O3. The smallest absolute Gasteiger partial charge is 0.226 e. The summed E-state index contributed by atoms with van der Waals surface area (Å²) in [5.41, 5.74) is 1.03. The molecule has 1 N–H and O–H groups in total. The lowest BCUT2D eigenvalue weighted by Crippen LogP contribution is -2.50. The molecule has 0 aromatic heterocycles. The van der Waals surface area contributed by atoms with Gasteiger partial charge in [0, 0.05) is 26.2 Å². The van der Waals surface area contributed by atoms with E-state index in [0.29, 0.717) is 13.2 Å². The van der Waals surface area contributed by atoms with Gasteiger partial charge in [-0.3, -0.25) is 9.69 Å². The first-order valence-electron chi connectivity index (χ1n) is 8.38. The standard InChI is InChI=1S/C18H26N2O3/c1-18(2)13-20(9-10-23-18)8-7-19-17(21)15-11-14-5-3-4-6-16(14)22-12-15/h3-6,15H,7-13H2,1-2H3,(H,19,21). The molecule has 1 unspecified atom stereocenters. The Morgan fingerprint density at radius 1 is 1.39 bits per heavy atom. The summed E-state index contributed by atoms with van der Waals surface area (Å²) in [6.45, 7) is 8.81. The second-order valence-corrected chi connectivity index (χ2v) is 7.00. The largest absolute Gasteiger partial charge is 0.492 e. The summed E-state index contributed by atoms with van der Waals surface area (Å²) in [6.07, 6.45) is 0.757. The van der Waals surface area contributed by atoms with Crippen molar-refractivity contribution in [1.29, 1.82) is 0 Å². The van der Waals surface area contributed by atoms with Crippen LogP contribution in [0.5, 0.6) is 5.75 Å². The van der Waals surface area contributed by atoms with Crippen molar-refractivity contribution in [3.05, 3.63) is 29.8 Å². The summed E-state index contributed by atoms with van der Waals surface area (Å²) in [5.74, 6) is 0.908. The van der Waals surface area contributed by atoms with E-state index in [9.17, 15) is 4.79 Å². The second-order valence-electron chi connectivity index (χ2n) is 7.00. The highest BCUT2D eigenvalue weighted by atomic mass is 16.5. The number of rotatable bonds is 4. The first-order chi connectivity index (χ1) is 11.0. The Morgan fingerprint density at radius 3 is 3.04 bits per heavy atom. The Morgan fingerprint density at radius 2 is 2.22 bits per heavy atom. The summed E-state index contributed by atoms with van der Waals surface area (Å²) in [6, 6.07) is 7.94. The molecule has 0 aliphatic carbocycles. The van der Waals surface area contributed by atoms with Crippen molar-refractivity contribution < 1.29 is 14.3 Å². The van der Waals surface area contributed by atoms with Crippen molar-refractivity contribution in [2.24, 2.45) is 5.92 Å². The third-order valence-electron chi connectivity index (χ3n) is 4.48. The molecule has 1 aromatic carbocycles. The molecule has 0 radical (unpaired) electrons. The Labute approximate surface area is 137 Å². The van der Waals surface area contributed by atoms with E-state index >= 15 is 0 Å². The molecule has 2 aliphatic rings. The third-order valence-corrected chi connectivity index (χ3v) is 4.48. The molecule has 0 spiro atoms. The molecule has 1 amide bonds. The number of hydrogen-bond donors (Lipinski definition) is 1. The first kappa shape index (κ1) is 16.3. The molecule has 0 saturated carbocycles. The Balaban J connectivity index is 1.44. The van der Waals surface area contributed by atoms with Crippen LogP contribution < -0.4 is 10.1 Å². The normalized spacial score (nSPS) is 23.7. The highest BCUT2D eigenvalue weighted by Crippen LogP contribution is 2.26. The topological polar surface area (TPSA) is 50.8 Å². The van der Waals surface area contributed by atoms with Gasteiger partial charge in [0.05, 0.1) is 18.1 Å². The molecule has 126 valence electrons. The predicted molar refractivity (Wildman–Crippen MR) is 88.6 cm³/mol. The molecule has 23 heavy (non-hydrogen) atoms. The van der Waals surface area contributed by atoms with Gasteiger partial charge in [-0.25, -0.2) is 0 Å². The van der Waals surface area contributed by atoms with Crippen molar-refractivity contribution in [1.82, 2.24) is 10.2 Å². The number of nitrogens with zero attached hydrogens (tertiary/aromatic N) is 1. The van der Waals surface area contributed by atoms with Gasteiger partial charge in [-0.05, 0) is 31.9 Å². The van der Waals surface area contributed by atoms with E-state index in [4.69, 9.17) is 9.47 Å². The van der Waals surface area contributed by atoms with Crippen molar-refractivity contribution in [3.8, 4) is 5.75 Å². The van der Waals surface area contributed by atoms with Crippen LogP contribution in [0.4, 0.5) is 0 Å². The van der Waals surface area contributed by atoms with Crippen molar-refractivity contribution in [2.75, 3.05) is 39.4 Å². The molecule has 3 rings (SSSR count). The van der Waals surface area contributed by atoms with Gasteiger partial charge >= 0.3 is 0 Å². The number of benzene rings is 1. The van der Waals surface area contributed by atoms with E-state index in [0.717, 1.165) is 44.0 Å². The van der Waals surface area contributed by atoms with Gasteiger partial charge in [0.2, 0.25) is 5.91 Å². The number of carbonyl (C=O) groups excluding carboxylic acids is 1. The fourth-order valence-corrected chi connectivity index (χ4v) is 3.28. The quantitative estimate of drug-likeness (QED) is 0.913. The highest BCUT2D eigenvalue weighted by Gasteiger charge is 2.28.